The highest BCUT2D eigenvalue weighted by Crippen LogP contribution is 2.27. The molecule has 0 aromatic heterocycles. The number of hydrogen-bond donors (Lipinski definition) is 0. The van der Waals surface area contributed by atoms with Crippen LogP contribution in [0.4, 0.5) is 0 Å². The van der Waals surface area contributed by atoms with Crippen LogP contribution in [0.5, 0.6) is 0 Å². The van der Waals surface area contributed by atoms with Crippen molar-refractivity contribution >= 4 is 43.2 Å². The summed E-state index contributed by atoms with van der Waals surface area (Å²) in [7, 11) is 0. The van der Waals surface area contributed by atoms with Crippen molar-refractivity contribution in [2.75, 3.05) is 0 Å². The van der Waals surface area contributed by atoms with Crippen molar-refractivity contribution in [2.24, 2.45) is 0 Å². The number of fused-ring (bicyclic) bond motifs is 1. The van der Waals surface area contributed by atoms with Crippen molar-refractivity contribution in [3.05, 3.63) is 53.0 Å². The van der Waals surface area contributed by atoms with Crippen molar-refractivity contribution in [3.63, 3.8) is 0 Å². The molecule has 0 atom stereocenters. The lowest BCUT2D eigenvalue weighted by atomic mass is 9.98. The molecule has 0 unspecified atom stereocenters. The van der Waals surface area contributed by atoms with Gasteiger partial charge in [-0.1, -0.05) is 65.3 Å². The lowest BCUT2D eigenvalue weighted by molar-refractivity contribution is 1.25. The summed E-state index contributed by atoms with van der Waals surface area (Å²) in [5, 5.41) is 2.63. The quantitative estimate of drug-likeness (QED) is 0.743. The second kappa shape index (κ2) is 6.02. The van der Waals surface area contributed by atoms with E-state index in [1.807, 2.05) is 4.99 Å². The van der Waals surface area contributed by atoms with Gasteiger partial charge in [-0.15, -0.1) is 0 Å². The number of halogens is 1. The molecule has 0 fully saturated rings. The third-order valence-corrected chi connectivity index (χ3v) is 3.20. The zero-order chi connectivity index (χ0) is 10.7. The fourth-order valence-electron chi connectivity index (χ4n) is 1.83. The van der Waals surface area contributed by atoms with Crippen molar-refractivity contribution in [1.29, 1.82) is 0 Å². The van der Waals surface area contributed by atoms with Gasteiger partial charge < -0.3 is 0 Å². The van der Waals surface area contributed by atoms with Gasteiger partial charge >= 0.3 is 0 Å². The summed E-state index contributed by atoms with van der Waals surface area (Å²) in [6, 6.07) is 14.9. The fourth-order valence-corrected chi connectivity index (χ4v) is 2.40. The van der Waals surface area contributed by atoms with Crippen molar-refractivity contribution in [3.8, 4) is 0 Å². The fraction of sp³-hybridized carbons (Fsp3) is 0.143. The van der Waals surface area contributed by atoms with Gasteiger partial charge in [0.1, 0.15) is 0 Å². The number of benzene rings is 2. The molecule has 0 N–H and O–H groups in total. The maximum atomic E-state index is 3.44. The van der Waals surface area contributed by atoms with E-state index in [2.05, 4.69) is 65.3 Å². The monoisotopic (exact) mass is 292 g/mol. The van der Waals surface area contributed by atoms with E-state index in [4.69, 9.17) is 0 Å². The average Bonchev–Trinajstić information content (AvgIpc) is 2.31. The molecule has 0 nitrogen and oxygen atoms in total. The molecule has 0 aliphatic carbocycles. The van der Waals surface area contributed by atoms with Crippen LogP contribution >= 0.6 is 15.9 Å². The molecular weight excluding hydrogens is 276 g/mol. The van der Waals surface area contributed by atoms with Crippen LogP contribution in [0.1, 0.15) is 18.9 Å². The van der Waals surface area contributed by atoms with Gasteiger partial charge in [0.05, 0.1) is 0 Å². The molecule has 2 aromatic rings. The summed E-state index contributed by atoms with van der Waals surface area (Å²) in [5.74, 6) is 0. The van der Waals surface area contributed by atoms with Crippen LogP contribution in [-0.4, -0.2) is 11.0 Å². The lowest BCUT2D eigenvalue weighted by Crippen LogP contribution is -1.84. The molecule has 16 heavy (non-hydrogen) atoms. The Morgan fingerprint density at radius 1 is 1.12 bits per heavy atom. The minimum absolute atomic E-state index is 0. The van der Waals surface area contributed by atoms with E-state index in [-0.39, 0.29) is 11.0 Å². The first-order valence-corrected chi connectivity index (χ1v) is 6.05. The second-order valence-corrected chi connectivity index (χ2v) is 3.97. The highest BCUT2D eigenvalue weighted by atomic mass is 79.9. The minimum atomic E-state index is 0. The van der Waals surface area contributed by atoms with Gasteiger partial charge in [-0.2, -0.15) is 0 Å². The molecule has 84 valence electrons. The molecule has 2 aromatic carbocycles. The van der Waals surface area contributed by atoms with Crippen LogP contribution in [0.25, 0.3) is 16.3 Å². The highest BCUT2D eigenvalue weighted by molar-refractivity contribution is 9.11. The Hall–Kier alpha value is -0.863. The molecule has 0 saturated carbocycles. The molecule has 0 bridgehead atoms. The molecule has 0 spiro atoms. The Morgan fingerprint density at radius 2 is 1.81 bits per heavy atom. The van der Waals surface area contributed by atoms with Crippen LogP contribution in [0, 0.1) is 0 Å². The van der Waals surface area contributed by atoms with Crippen LogP contribution in [0.3, 0.4) is 0 Å². The van der Waals surface area contributed by atoms with E-state index < -0.39 is 0 Å². The SMILES string of the molecule is CCC(=CBr)c1cccc2ccccc12.[SiH4]. The van der Waals surface area contributed by atoms with Gasteiger partial charge in [-0.3, -0.25) is 0 Å². The smallest absolute Gasteiger partial charge is 0.0108 e. The Labute approximate surface area is 110 Å². The van der Waals surface area contributed by atoms with Gasteiger partial charge in [0, 0.05) is 0 Å². The Bertz CT molecular complexity index is 498. The van der Waals surface area contributed by atoms with Gasteiger partial charge in [-0.05, 0) is 44.3 Å². The largest absolute Gasteiger partial charge is 0.0616 e. The predicted molar refractivity (Wildman–Crippen MR) is 82.5 cm³/mol. The molecule has 0 amide bonds. The predicted octanol–water partition coefficient (Wildman–Crippen LogP) is 3.53. The minimum Gasteiger partial charge on any atom is -0.0616 e. The first kappa shape index (κ1) is 13.2. The van der Waals surface area contributed by atoms with Crippen molar-refractivity contribution in [1.82, 2.24) is 0 Å². The average molecular weight is 293 g/mol. The Kier molecular flexibility index (Phi) is 4.96. The Morgan fingerprint density at radius 3 is 2.50 bits per heavy atom. The van der Waals surface area contributed by atoms with E-state index >= 15 is 0 Å². The summed E-state index contributed by atoms with van der Waals surface area (Å²) >= 11 is 3.44. The second-order valence-electron chi connectivity index (χ2n) is 3.51. The van der Waals surface area contributed by atoms with Crippen LogP contribution in [0.15, 0.2) is 47.4 Å². The number of hydrogen-bond acceptors (Lipinski definition) is 0. The summed E-state index contributed by atoms with van der Waals surface area (Å²) in [5.41, 5.74) is 2.67. The third-order valence-electron chi connectivity index (χ3n) is 2.65. The molecule has 0 saturated heterocycles. The van der Waals surface area contributed by atoms with E-state index in [1.165, 1.54) is 21.9 Å². The molecule has 2 rings (SSSR count). The molecule has 2 heteroatoms. The van der Waals surface area contributed by atoms with E-state index in [9.17, 15) is 0 Å². The molecule has 0 aliphatic heterocycles. The van der Waals surface area contributed by atoms with Gasteiger partial charge in [-0.25, -0.2) is 0 Å². The summed E-state index contributed by atoms with van der Waals surface area (Å²) < 4.78 is 0. The van der Waals surface area contributed by atoms with Gasteiger partial charge in [0.15, 0.2) is 0 Å². The standard InChI is InChI=1S/C14H13Br.H4Si/c1-2-11(10-15)13-9-5-7-12-6-3-4-8-14(12)13;/h3-10H,2H2,1H3;1H4. The van der Waals surface area contributed by atoms with Crippen LogP contribution in [0.2, 0.25) is 0 Å². The number of rotatable bonds is 2. The van der Waals surface area contributed by atoms with Crippen molar-refractivity contribution < 1.29 is 0 Å². The first-order chi connectivity index (χ1) is 7.36. The van der Waals surface area contributed by atoms with Gasteiger partial charge in [0.2, 0.25) is 0 Å². The van der Waals surface area contributed by atoms with Crippen LogP contribution in [-0.2, 0) is 0 Å². The highest BCUT2D eigenvalue weighted by Gasteiger charge is 2.03. The van der Waals surface area contributed by atoms with E-state index in [0.717, 1.165) is 6.42 Å². The zero-order valence-electron chi connectivity index (χ0n) is 8.70. The summed E-state index contributed by atoms with van der Waals surface area (Å²) in [6.07, 6.45) is 1.04. The van der Waals surface area contributed by atoms with E-state index in [0.29, 0.717) is 0 Å². The van der Waals surface area contributed by atoms with Crippen molar-refractivity contribution in [2.45, 2.75) is 13.3 Å². The maximum Gasteiger partial charge on any atom is -0.0108 e. The van der Waals surface area contributed by atoms with Crippen LogP contribution < -0.4 is 0 Å². The summed E-state index contributed by atoms with van der Waals surface area (Å²) in [6.45, 7) is 2.18. The normalized spacial score (nSPS) is 11.2. The topological polar surface area (TPSA) is 0 Å². The Balaban J connectivity index is 0.00000128. The molecule has 0 aliphatic rings. The number of allylic oxidation sites excluding steroid dienone is 1. The zero-order valence-corrected chi connectivity index (χ0v) is 10.3. The van der Waals surface area contributed by atoms with E-state index in [1.54, 1.807) is 0 Å². The molecule has 0 heterocycles. The lowest BCUT2D eigenvalue weighted by Gasteiger charge is -2.07. The molecule has 0 radical (unpaired) electrons. The summed E-state index contributed by atoms with van der Waals surface area (Å²) in [4.78, 5) is 2.02. The van der Waals surface area contributed by atoms with Gasteiger partial charge in [0.25, 0.3) is 0 Å². The first-order valence-electron chi connectivity index (χ1n) is 5.14. The third kappa shape index (κ3) is 2.44. The maximum absolute atomic E-state index is 3.44. The molecular formula is C14H17BrSi.